The van der Waals surface area contributed by atoms with Crippen molar-refractivity contribution in [3.8, 4) is 22.8 Å². The van der Waals surface area contributed by atoms with Crippen molar-refractivity contribution < 1.29 is 4.52 Å². The second-order valence-electron chi connectivity index (χ2n) is 4.87. The molecule has 0 saturated carbocycles. The van der Waals surface area contributed by atoms with Gasteiger partial charge >= 0.3 is 0 Å². The number of benzene rings is 2. The zero-order valence-corrected chi connectivity index (χ0v) is 13.3. The Morgan fingerprint density at radius 2 is 1.76 bits per heavy atom. The summed E-state index contributed by atoms with van der Waals surface area (Å²) in [5.74, 6) is 1.11. The van der Waals surface area contributed by atoms with Crippen molar-refractivity contribution in [2.75, 3.05) is 19.0 Å². The second kappa shape index (κ2) is 5.69. The average Bonchev–Trinajstić information content (AvgIpc) is 2.97. The zero-order valence-electron chi connectivity index (χ0n) is 11.7. The first-order valence-corrected chi connectivity index (χ1v) is 7.30. The van der Waals surface area contributed by atoms with E-state index in [1.165, 1.54) is 0 Å². The van der Waals surface area contributed by atoms with Gasteiger partial charge in [-0.3, -0.25) is 0 Å². The summed E-state index contributed by atoms with van der Waals surface area (Å²) in [5, 5.41) is 4.05. The molecule has 0 amide bonds. The smallest absolute Gasteiger partial charge is 0.258 e. The van der Waals surface area contributed by atoms with Crippen LogP contribution in [0.4, 0.5) is 5.69 Å². The Labute approximate surface area is 131 Å². The quantitative estimate of drug-likeness (QED) is 0.713. The third-order valence-corrected chi connectivity index (χ3v) is 3.63. The molecular weight excluding hydrogens is 330 g/mol. The van der Waals surface area contributed by atoms with Crippen molar-refractivity contribution in [2.45, 2.75) is 0 Å². The Morgan fingerprint density at radius 3 is 2.43 bits per heavy atom. The number of anilines is 1. The van der Waals surface area contributed by atoms with Gasteiger partial charge in [0.05, 0.1) is 0 Å². The molecule has 0 bridgehead atoms. The molecule has 21 heavy (non-hydrogen) atoms. The highest BCUT2D eigenvalue weighted by molar-refractivity contribution is 9.10. The van der Waals surface area contributed by atoms with Crippen molar-refractivity contribution >= 4 is 21.6 Å². The first-order chi connectivity index (χ1) is 10.1. The lowest BCUT2D eigenvalue weighted by atomic mass is 10.2. The van der Waals surface area contributed by atoms with Crippen molar-refractivity contribution in [2.24, 2.45) is 0 Å². The van der Waals surface area contributed by atoms with E-state index in [1.54, 1.807) is 0 Å². The van der Waals surface area contributed by atoms with Crippen molar-refractivity contribution in [3.63, 3.8) is 0 Å². The van der Waals surface area contributed by atoms with Crippen molar-refractivity contribution in [1.29, 1.82) is 0 Å². The Balaban J connectivity index is 1.91. The lowest BCUT2D eigenvalue weighted by molar-refractivity contribution is 0.432. The molecule has 4 nitrogen and oxygen atoms in total. The summed E-state index contributed by atoms with van der Waals surface area (Å²) in [6, 6.07) is 15.8. The number of hydrogen-bond donors (Lipinski definition) is 0. The molecule has 0 saturated heterocycles. The van der Waals surface area contributed by atoms with E-state index in [9.17, 15) is 0 Å². The van der Waals surface area contributed by atoms with Gasteiger partial charge in [-0.2, -0.15) is 4.98 Å². The number of nitrogens with zero attached hydrogens (tertiary/aromatic N) is 3. The molecule has 3 rings (SSSR count). The average molecular weight is 344 g/mol. The third-order valence-electron chi connectivity index (χ3n) is 3.14. The minimum Gasteiger partial charge on any atom is -0.378 e. The molecule has 0 fully saturated rings. The molecule has 5 heteroatoms. The number of hydrogen-bond acceptors (Lipinski definition) is 4. The Bertz CT molecular complexity index is 750. The molecule has 0 aliphatic carbocycles. The lowest BCUT2D eigenvalue weighted by Gasteiger charge is -2.11. The van der Waals surface area contributed by atoms with Crippen LogP contribution in [0.5, 0.6) is 0 Å². The molecule has 0 atom stereocenters. The van der Waals surface area contributed by atoms with Crippen LogP contribution in [0.15, 0.2) is 57.5 Å². The van der Waals surface area contributed by atoms with Gasteiger partial charge in [0.15, 0.2) is 0 Å². The van der Waals surface area contributed by atoms with E-state index in [2.05, 4.69) is 26.1 Å². The van der Waals surface area contributed by atoms with Crippen molar-refractivity contribution in [1.82, 2.24) is 10.1 Å². The minimum absolute atomic E-state index is 0.517. The number of rotatable bonds is 3. The monoisotopic (exact) mass is 343 g/mol. The van der Waals surface area contributed by atoms with Gasteiger partial charge in [0.2, 0.25) is 5.82 Å². The molecule has 106 valence electrons. The molecule has 0 aliphatic rings. The highest BCUT2D eigenvalue weighted by Gasteiger charge is 2.10. The zero-order chi connectivity index (χ0) is 14.8. The SMILES string of the molecule is CN(C)c1ccc(-c2noc(-c3cccc(Br)c3)n2)cc1. The first kappa shape index (κ1) is 13.8. The fourth-order valence-electron chi connectivity index (χ4n) is 1.99. The van der Waals surface area contributed by atoms with Crippen LogP contribution in [-0.4, -0.2) is 24.2 Å². The molecule has 1 heterocycles. The first-order valence-electron chi connectivity index (χ1n) is 6.51. The Hall–Kier alpha value is -2.14. The van der Waals surface area contributed by atoms with Crippen LogP contribution in [0.2, 0.25) is 0 Å². The molecule has 0 spiro atoms. The van der Waals surface area contributed by atoms with Crippen LogP contribution in [0.1, 0.15) is 0 Å². The largest absolute Gasteiger partial charge is 0.378 e. The predicted molar refractivity (Wildman–Crippen MR) is 87.2 cm³/mol. The van der Waals surface area contributed by atoms with E-state index >= 15 is 0 Å². The standard InChI is InChI=1S/C16H14BrN3O/c1-20(2)14-8-6-11(7-9-14)15-18-16(21-19-15)12-4-3-5-13(17)10-12/h3-10H,1-2H3. The predicted octanol–water partition coefficient (Wildman–Crippen LogP) is 4.23. The topological polar surface area (TPSA) is 42.2 Å². The summed E-state index contributed by atoms with van der Waals surface area (Å²) in [7, 11) is 4.02. The van der Waals surface area contributed by atoms with Crippen LogP contribution >= 0.6 is 15.9 Å². The summed E-state index contributed by atoms with van der Waals surface area (Å²) in [6.07, 6.45) is 0. The number of aromatic nitrogens is 2. The van der Waals surface area contributed by atoms with Gasteiger partial charge in [-0.05, 0) is 42.5 Å². The van der Waals surface area contributed by atoms with Gasteiger partial charge in [-0.25, -0.2) is 0 Å². The van der Waals surface area contributed by atoms with Crippen molar-refractivity contribution in [3.05, 3.63) is 53.0 Å². The van der Waals surface area contributed by atoms with Crippen LogP contribution in [0.25, 0.3) is 22.8 Å². The fraction of sp³-hybridized carbons (Fsp3) is 0.125. The molecule has 0 N–H and O–H groups in total. The Kier molecular flexibility index (Phi) is 3.75. The van der Waals surface area contributed by atoms with Crippen LogP contribution < -0.4 is 4.90 Å². The summed E-state index contributed by atoms with van der Waals surface area (Å²) < 4.78 is 6.33. The Morgan fingerprint density at radius 1 is 1.00 bits per heavy atom. The van der Waals surface area contributed by atoms with Gasteiger partial charge in [0, 0.05) is 35.4 Å². The minimum atomic E-state index is 0.517. The lowest BCUT2D eigenvalue weighted by Crippen LogP contribution is -2.07. The van der Waals surface area contributed by atoms with Gasteiger partial charge in [0.25, 0.3) is 5.89 Å². The normalized spacial score (nSPS) is 10.6. The molecule has 0 aliphatic heterocycles. The molecule has 0 unspecified atom stereocenters. The highest BCUT2D eigenvalue weighted by Crippen LogP contribution is 2.25. The summed E-state index contributed by atoms with van der Waals surface area (Å²) in [5.41, 5.74) is 2.97. The van der Waals surface area contributed by atoms with Crippen LogP contribution in [-0.2, 0) is 0 Å². The molecule has 1 aromatic heterocycles. The van der Waals surface area contributed by atoms with E-state index in [0.717, 1.165) is 21.3 Å². The van der Waals surface area contributed by atoms with Crippen LogP contribution in [0.3, 0.4) is 0 Å². The maximum absolute atomic E-state index is 5.35. The maximum atomic E-state index is 5.35. The van der Waals surface area contributed by atoms with Gasteiger partial charge in [-0.15, -0.1) is 0 Å². The molecular formula is C16H14BrN3O. The second-order valence-corrected chi connectivity index (χ2v) is 5.79. The van der Waals surface area contributed by atoms with E-state index in [4.69, 9.17) is 4.52 Å². The van der Waals surface area contributed by atoms with E-state index in [1.807, 2.05) is 67.5 Å². The number of halogens is 1. The summed E-state index contributed by atoms with van der Waals surface area (Å²) >= 11 is 3.44. The van der Waals surface area contributed by atoms with E-state index < -0.39 is 0 Å². The van der Waals surface area contributed by atoms with Gasteiger partial charge in [0.1, 0.15) is 0 Å². The third kappa shape index (κ3) is 2.97. The van der Waals surface area contributed by atoms with Gasteiger partial charge < -0.3 is 9.42 Å². The fourth-order valence-corrected chi connectivity index (χ4v) is 2.39. The van der Waals surface area contributed by atoms with E-state index in [-0.39, 0.29) is 0 Å². The highest BCUT2D eigenvalue weighted by atomic mass is 79.9. The molecule has 2 aromatic carbocycles. The maximum Gasteiger partial charge on any atom is 0.258 e. The molecule has 3 aromatic rings. The van der Waals surface area contributed by atoms with Crippen LogP contribution in [0, 0.1) is 0 Å². The van der Waals surface area contributed by atoms with Gasteiger partial charge in [-0.1, -0.05) is 27.2 Å². The van der Waals surface area contributed by atoms with E-state index in [0.29, 0.717) is 11.7 Å². The summed E-state index contributed by atoms with van der Waals surface area (Å²) in [4.78, 5) is 6.50. The summed E-state index contributed by atoms with van der Waals surface area (Å²) in [6.45, 7) is 0. The molecule has 0 radical (unpaired) electrons.